The van der Waals surface area contributed by atoms with Crippen LogP contribution in [-0.4, -0.2) is 0 Å². The molecule has 2 nitrogen and oxygen atoms in total. The number of hydrogen-bond donors (Lipinski definition) is 0. The van der Waals surface area contributed by atoms with Gasteiger partial charge >= 0.3 is 0 Å². The van der Waals surface area contributed by atoms with Crippen molar-refractivity contribution in [1.82, 2.24) is 0 Å². The molecule has 0 atom stereocenters. The summed E-state index contributed by atoms with van der Waals surface area (Å²) in [6.07, 6.45) is 0. The van der Waals surface area contributed by atoms with Crippen LogP contribution < -0.4 is 4.90 Å². The lowest BCUT2D eigenvalue weighted by atomic mass is 9.68. The van der Waals surface area contributed by atoms with E-state index in [1.54, 1.807) is 0 Å². The largest absolute Gasteiger partial charge is 0.456 e. The zero-order valence-corrected chi connectivity index (χ0v) is 32.2. The molecule has 59 heavy (non-hydrogen) atoms. The lowest BCUT2D eigenvalue weighted by molar-refractivity contribution is 0.669. The molecule has 1 heterocycles. The second-order valence-corrected chi connectivity index (χ2v) is 15.6. The Morgan fingerprint density at radius 1 is 0.356 bits per heavy atom. The summed E-state index contributed by atoms with van der Waals surface area (Å²) in [4.78, 5) is 2.43. The SMILES string of the molecule is c1ccc(C2(c3ccccc3)c3ccccc3-c3cc(N(c4ccc5cc(-c6cccc7ccccc67)ccc5c4)c4cccc5oc6ccccc6c45)ccc32)cc1. The van der Waals surface area contributed by atoms with Gasteiger partial charge in [-0.2, -0.15) is 0 Å². The van der Waals surface area contributed by atoms with Crippen LogP contribution in [0, 0.1) is 0 Å². The fourth-order valence-corrected chi connectivity index (χ4v) is 9.96. The molecule has 0 N–H and O–H groups in total. The van der Waals surface area contributed by atoms with Gasteiger partial charge in [0, 0.05) is 16.8 Å². The lowest BCUT2D eigenvalue weighted by Crippen LogP contribution is -2.28. The van der Waals surface area contributed by atoms with Gasteiger partial charge in [-0.15, -0.1) is 0 Å². The molecule has 2 heteroatoms. The van der Waals surface area contributed by atoms with E-state index in [0.717, 1.165) is 39.0 Å². The predicted octanol–water partition coefficient (Wildman–Crippen LogP) is 15.4. The van der Waals surface area contributed by atoms with E-state index in [1.807, 2.05) is 6.07 Å². The van der Waals surface area contributed by atoms with E-state index in [9.17, 15) is 0 Å². The third-order valence-electron chi connectivity index (χ3n) is 12.5. The first-order valence-electron chi connectivity index (χ1n) is 20.3. The summed E-state index contributed by atoms with van der Waals surface area (Å²) in [6.45, 7) is 0. The number of hydrogen-bond acceptors (Lipinski definition) is 2. The molecule has 0 unspecified atom stereocenters. The van der Waals surface area contributed by atoms with Crippen LogP contribution >= 0.6 is 0 Å². The van der Waals surface area contributed by atoms with Crippen molar-refractivity contribution in [3.63, 3.8) is 0 Å². The maximum Gasteiger partial charge on any atom is 0.137 e. The van der Waals surface area contributed by atoms with E-state index in [-0.39, 0.29) is 0 Å². The van der Waals surface area contributed by atoms with Crippen molar-refractivity contribution >= 4 is 60.5 Å². The maximum absolute atomic E-state index is 6.49. The number of anilines is 3. The average molecular weight is 752 g/mol. The molecule has 11 aromatic rings. The van der Waals surface area contributed by atoms with Gasteiger partial charge in [0.05, 0.1) is 16.5 Å². The van der Waals surface area contributed by atoms with Crippen LogP contribution in [0.2, 0.25) is 0 Å². The highest BCUT2D eigenvalue weighted by Crippen LogP contribution is 2.57. The Hall–Kier alpha value is -7.68. The van der Waals surface area contributed by atoms with Gasteiger partial charge in [-0.05, 0) is 115 Å². The van der Waals surface area contributed by atoms with Gasteiger partial charge in [-0.3, -0.25) is 0 Å². The van der Waals surface area contributed by atoms with E-state index >= 15 is 0 Å². The molecule has 0 bridgehead atoms. The van der Waals surface area contributed by atoms with E-state index in [0.29, 0.717) is 0 Å². The lowest BCUT2D eigenvalue weighted by Gasteiger charge is -2.34. The van der Waals surface area contributed by atoms with Crippen LogP contribution in [0.25, 0.3) is 65.7 Å². The highest BCUT2D eigenvalue weighted by atomic mass is 16.3. The van der Waals surface area contributed by atoms with Crippen LogP contribution in [-0.2, 0) is 5.41 Å². The van der Waals surface area contributed by atoms with E-state index < -0.39 is 5.41 Å². The van der Waals surface area contributed by atoms with Crippen LogP contribution in [0.1, 0.15) is 22.3 Å². The molecule has 0 aliphatic heterocycles. The van der Waals surface area contributed by atoms with Crippen molar-refractivity contribution < 1.29 is 4.42 Å². The minimum absolute atomic E-state index is 0.469. The number of furan rings is 1. The molecule has 0 fully saturated rings. The Kier molecular flexibility index (Phi) is 7.48. The summed E-state index contributed by atoms with van der Waals surface area (Å²) in [5.41, 5.74) is 14.6. The molecule has 12 rings (SSSR count). The molecule has 0 amide bonds. The fraction of sp³-hybridized carbons (Fsp3) is 0.0175. The number of para-hydroxylation sites is 1. The Bertz CT molecular complexity index is 3350. The van der Waals surface area contributed by atoms with Crippen LogP contribution in [0.5, 0.6) is 0 Å². The van der Waals surface area contributed by atoms with Crippen molar-refractivity contribution in [2.75, 3.05) is 4.90 Å². The molecule has 276 valence electrons. The standard InChI is InChI=1S/C57H37NO/c1-3-17-42(18-4-1)57(43-19-5-2-6-20-43)51-25-11-9-22-48(51)50-37-45(33-34-52(50)57)58(53-26-14-28-55-56(53)49-23-10-12-27-54(49)59-55)44-32-31-39-35-41(30-29-40(39)36-44)47-24-13-16-38-15-7-8-21-46(38)47/h1-37H. The van der Waals surface area contributed by atoms with Gasteiger partial charge in [0.25, 0.3) is 0 Å². The summed E-state index contributed by atoms with van der Waals surface area (Å²) < 4.78 is 6.49. The maximum atomic E-state index is 6.49. The van der Waals surface area contributed by atoms with Crippen molar-refractivity contribution in [1.29, 1.82) is 0 Å². The normalized spacial score (nSPS) is 12.9. The predicted molar refractivity (Wildman–Crippen MR) is 246 cm³/mol. The molecule has 1 aliphatic carbocycles. The van der Waals surface area contributed by atoms with Gasteiger partial charge in [0.15, 0.2) is 0 Å². The minimum Gasteiger partial charge on any atom is -0.456 e. The monoisotopic (exact) mass is 751 g/mol. The molecule has 10 aromatic carbocycles. The van der Waals surface area contributed by atoms with Crippen molar-refractivity contribution in [3.05, 3.63) is 247 Å². The summed E-state index contributed by atoms with van der Waals surface area (Å²) >= 11 is 0. The number of fused-ring (bicyclic) bond motifs is 8. The quantitative estimate of drug-likeness (QED) is 0.168. The Morgan fingerprint density at radius 2 is 0.949 bits per heavy atom. The van der Waals surface area contributed by atoms with Crippen molar-refractivity contribution in [2.24, 2.45) is 0 Å². The second kappa shape index (κ2) is 13.2. The Balaban J connectivity index is 1.09. The van der Waals surface area contributed by atoms with Crippen LogP contribution in [0.3, 0.4) is 0 Å². The summed E-state index contributed by atoms with van der Waals surface area (Å²) in [6, 6.07) is 81.8. The first kappa shape index (κ1) is 33.5. The number of rotatable bonds is 6. The molecule has 0 spiro atoms. The molecular weight excluding hydrogens is 715 g/mol. The second-order valence-electron chi connectivity index (χ2n) is 15.6. The van der Waals surface area contributed by atoms with Gasteiger partial charge in [0.1, 0.15) is 11.2 Å². The van der Waals surface area contributed by atoms with E-state index in [4.69, 9.17) is 4.42 Å². The molecular formula is C57H37NO. The minimum atomic E-state index is -0.469. The smallest absolute Gasteiger partial charge is 0.137 e. The van der Waals surface area contributed by atoms with E-state index in [2.05, 4.69) is 223 Å². The van der Waals surface area contributed by atoms with Gasteiger partial charge in [-0.25, -0.2) is 0 Å². The van der Waals surface area contributed by atoms with Crippen molar-refractivity contribution in [3.8, 4) is 22.3 Å². The van der Waals surface area contributed by atoms with Gasteiger partial charge in [-0.1, -0.05) is 176 Å². The van der Waals surface area contributed by atoms with Crippen LogP contribution in [0.15, 0.2) is 229 Å². The molecule has 1 aliphatic rings. The topological polar surface area (TPSA) is 16.4 Å². The molecule has 0 saturated heterocycles. The zero-order valence-electron chi connectivity index (χ0n) is 32.2. The molecule has 0 radical (unpaired) electrons. The summed E-state index contributed by atoms with van der Waals surface area (Å²) in [5, 5.41) is 7.09. The third-order valence-corrected chi connectivity index (χ3v) is 12.5. The fourth-order valence-electron chi connectivity index (χ4n) is 9.96. The van der Waals surface area contributed by atoms with Crippen molar-refractivity contribution in [2.45, 2.75) is 5.41 Å². The summed E-state index contributed by atoms with van der Waals surface area (Å²) in [5.74, 6) is 0. The first-order chi connectivity index (χ1) is 29.3. The molecule has 1 aromatic heterocycles. The Labute approximate surface area is 342 Å². The number of benzene rings is 10. The first-order valence-corrected chi connectivity index (χ1v) is 20.3. The third kappa shape index (κ3) is 5.06. The summed E-state index contributed by atoms with van der Waals surface area (Å²) in [7, 11) is 0. The highest BCUT2D eigenvalue weighted by Gasteiger charge is 2.46. The average Bonchev–Trinajstić information content (AvgIpc) is 3.84. The van der Waals surface area contributed by atoms with Crippen LogP contribution in [0.4, 0.5) is 17.1 Å². The zero-order chi connectivity index (χ0) is 38.9. The van der Waals surface area contributed by atoms with Gasteiger partial charge < -0.3 is 9.32 Å². The van der Waals surface area contributed by atoms with E-state index in [1.165, 1.54) is 66.1 Å². The Morgan fingerprint density at radius 3 is 1.80 bits per heavy atom. The molecule has 0 saturated carbocycles. The van der Waals surface area contributed by atoms with Gasteiger partial charge in [0.2, 0.25) is 0 Å². The highest BCUT2D eigenvalue weighted by molar-refractivity contribution is 6.14. The number of nitrogens with zero attached hydrogens (tertiary/aromatic N) is 1.